The van der Waals surface area contributed by atoms with Crippen LogP contribution in [0.25, 0.3) is 0 Å². The number of hydrogen-bond donors (Lipinski definition) is 0. The van der Waals surface area contributed by atoms with Crippen LogP contribution in [-0.2, 0) is 6.54 Å². The molecular weight excluding hydrogens is 238 g/mol. The number of carbonyl (C=O) groups excluding carboxylic acids is 1. The van der Waals surface area contributed by atoms with E-state index in [4.69, 9.17) is 4.42 Å². The maximum absolute atomic E-state index is 10.6. The van der Waals surface area contributed by atoms with Crippen molar-refractivity contribution in [3.8, 4) is 0 Å². The minimum atomic E-state index is 0.388. The summed E-state index contributed by atoms with van der Waals surface area (Å²) in [6, 6.07) is 13.9. The van der Waals surface area contributed by atoms with Crippen molar-refractivity contribution in [3.05, 3.63) is 54.0 Å². The SMILES string of the molecule is CCCCN(Cc1ccc(C=O)o1)c1ccccc1. The van der Waals surface area contributed by atoms with Crippen LogP contribution in [-0.4, -0.2) is 12.8 Å². The molecule has 0 saturated heterocycles. The van der Waals surface area contributed by atoms with Crippen LogP contribution in [0.4, 0.5) is 5.69 Å². The molecule has 0 aliphatic heterocycles. The first-order valence-electron chi connectivity index (χ1n) is 6.67. The molecule has 0 fully saturated rings. The number of hydrogen-bond acceptors (Lipinski definition) is 3. The van der Waals surface area contributed by atoms with Gasteiger partial charge in [-0.2, -0.15) is 0 Å². The van der Waals surface area contributed by atoms with Crippen LogP contribution >= 0.6 is 0 Å². The molecule has 0 radical (unpaired) electrons. The zero-order valence-electron chi connectivity index (χ0n) is 11.2. The Bertz CT molecular complexity index is 504. The molecule has 0 atom stereocenters. The lowest BCUT2D eigenvalue weighted by atomic mass is 10.2. The standard InChI is InChI=1S/C16H19NO2/c1-2-3-11-17(14-7-5-4-6-8-14)12-15-9-10-16(13-18)19-15/h4-10,13H,2-3,11-12H2,1H3. The fraction of sp³-hybridized carbons (Fsp3) is 0.312. The Balaban J connectivity index is 2.11. The molecule has 0 bridgehead atoms. The van der Waals surface area contributed by atoms with Crippen molar-refractivity contribution < 1.29 is 9.21 Å². The number of benzene rings is 1. The molecule has 1 aromatic carbocycles. The second kappa shape index (κ2) is 6.78. The lowest BCUT2D eigenvalue weighted by Crippen LogP contribution is -2.23. The third kappa shape index (κ3) is 3.71. The molecule has 0 aliphatic carbocycles. The maximum atomic E-state index is 10.6. The Morgan fingerprint density at radius 1 is 1.16 bits per heavy atom. The molecule has 3 nitrogen and oxygen atoms in total. The van der Waals surface area contributed by atoms with E-state index in [1.54, 1.807) is 6.07 Å². The van der Waals surface area contributed by atoms with E-state index in [0.717, 1.165) is 31.4 Å². The lowest BCUT2D eigenvalue weighted by molar-refractivity contribution is 0.109. The molecule has 1 aromatic heterocycles. The Kier molecular flexibility index (Phi) is 4.78. The summed E-state index contributed by atoms with van der Waals surface area (Å²) in [6.07, 6.45) is 3.03. The number of aldehydes is 1. The first-order valence-corrected chi connectivity index (χ1v) is 6.67. The number of rotatable bonds is 7. The van der Waals surface area contributed by atoms with E-state index in [9.17, 15) is 4.79 Å². The van der Waals surface area contributed by atoms with Gasteiger partial charge in [-0.05, 0) is 30.7 Å². The van der Waals surface area contributed by atoms with Gasteiger partial charge in [-0.1, -0.05) is 31.5 Å². The van der Waals surface area contributed by atoms with Crippen molar-refractivity contribution in [2.24, 2.45) is 0 Å². The largest absolute Gasteiger partial charge is 0.456 e. The minimum Gasteiger partial charge on any atom is -0.456 e. The molecule has 0 unspecified atom stereocenters. The Morgan fingerprint density at radius 2 is 1.95 bits per heavy atom. The van der Waals surface area contributed by atoms with Gasteiger partial charge in [-0.25, -0.2) is 0 Å². The normalized spacial score (nSPS) is 10.4. The molecule has 3 heteroatoms. The van der Waals surface area contributed by atoms with Crippen LogP contribution in [0.15, 0.2) is 46.9 Å². The van der Waals surface area contributed by atoms with E-state index in [-0.39, 0.29) is 0 Å². The average Bonchev–Trinajstić information content (AvgIpc) is 2.92. The van der Waals surface area contributed by atoms with Gasteiger partial charge in [0.2, 0.25) is 0 Å². The topological polar surface area (TPSA) is 33.5 Å². The second-order valence-corrected chi connectivity index (χ2v) is 4.53. The summed E-state index contributed by atoms with van der Waals surface area (Å²) >= 11 is 0. The molecule has 0 aliphatic rings. The number of furan rings is 1. The van der Waals surface area contributed by atoms with Crippen molar-refractivity contribution in [1.29, 1.82) is 0 Å². The van der Waals surface area contributed by atoms with Crippen LogP contribution in [0.3, 0.4) is 0 Å². The van der Waals surface area contributed by atoms with Crippen molar-refractivity contribution in [2.75, 3.05) is 11.4 Å². The summed E-state index contributed by atoms with van der Waals surface area (Å²) in [5.74, 6) is 1.21. The highest BCUT2D eigenvalue weighted by Gasteiger charge is 2.09. The Hall–Kier alpha value is -2.03. The Morgan fingerprint density at radius 3 is 2.58 bits per heavy atom. The first-order chi connectivity index (χ1) is 9.33. The van der Waals surface area contributed by atoms with Crippen molar-refractivity contribution in [3.63, 3.8) is 0 Å². The molecule has 2 aromatic rings. The molecule has 2 rings (SSSR count). The fourth-order valence-corrected chi connectivity index (χ4v) is 2.02. The molecule has 0 spiro atoms. The van der Waals surface area contributed by atoms with Crippen molar-refractivity contribution >= 4 is 12.0 Å². The highest BCUT2D eigenvalue weighted by atomic mass is 16.3. The van der Waals surface area contributed by atoms with E-state index < -0.39 is 0 Å². The number of unbranched alkanes of at least 4 members (excludes halogenated alkanes) is 1. The van der Waals surface area contributed by atoms with Gasteiger partial charge in [-0.15, -0.1) is 0 Å². The van der Waals surface area contributed by atoms with Gasteiger partial charge < -0.3 is 9.32 Å². The zero-order valence-corrected chi connectivity index (χ0v) is 11.2. The van der Waals surface area contributed by atoms with Gasteiger partial charge in [0.1, 0.15) is 5.76 Å². The van der Waals surface area contributed by atoms with Gasteiger partial charge in [-0.3, -0.25) is 4.79 Å². The lowest BCUT2D eigenvalue weighted by Gasteiger charge is -2.23. The van der Waals surface area contributed by atoms with Crippen LogP contribution in [0.5, 0.6) is 0 Å². The molecule has 100 valence electrons. The summed E-state index contributed by atoms with van der Waals surface area (Å²) in [5.41, 5.74) is 1.18. The zero-order chi connectivity index (χ0) is 13.5. The molecule has 0 saturated carbocycles. The number of nitrogens with zero attached hydrogens (tertiary/aromatic N) is 1. The monoisotopic (exact) mass is 257 g/mol. The van der Waals surface area contributed by atoms with Crippen LogP contribution in [0.2, 0.25) is 0 Å². The summed E-state index contributed by atoms with van der Waals surface area (Å²) < 4.78 is 5.46. The number of para-hydroxylation sites is 1. The van der Waals surface area contributed by atoms with Crippen LogP contribution < -0.4 is 4.90 Å². The number of anilines is 1. The molecule has 1 heterocycles. The van der Waals surface area contributed by atoms with E-state index >= 15 is 0 Å². The number of carbonyl (C=O) groups is 1. The fourth-order valence-electron chi connectivity index (χ4n) is 2.02. The highest BCUT2D eigenvalue weighted by molar-refractivity contribution is 5.70. The molecule has 19 heavy (non-hydrogen) atoms. The van der Waals surface area contributed by atoms with E-state index in [2.05, 4.69) is 24.0 Å². The predicted molar refractivity (Wildman–Crippen MR) is 76.5 cm³/mol. The second-order valence-electron chi connectivity index (χ2n) is 4.53. The van der Waals surface area contributed by atoms with Gasteiger partial charge in [0, 0.05) is 12.2 Å². The molecule has 0 N–H and O–H groups in total. The third-order valence-corrected chi connectivity index (χ3v) is 3.05. The van der Waals surface area contributed by atoms with Crippen LogP contribution in [0.1, 0.15) is 36.1 Å². The van der Waals surface area contributed by atoms with Crippen molar-refractivity contribution in [2.45, 2.75) is 26.3 Å². The van der Waals surface area contributed by atoms with Gasteiger partial charge in [0.25, 0.3) is 0 Å². The van der Waals surface area contributed by atoms with Gasteiger partial charge >= 0.3 is 0 Å². The summed E-state index contributed by atoms with van der Waals surface area (Å²) in [6.45, 7) is 3.86. The summed E-state index contributed by atoms with van der Waals surface area (Å²) in [7, 11) is 0. The summed E-state index contributed by atoms with van der Waals surface area (Å²) in [5, 5.41) is 0. The average molecular weight is 257 g/mol. The van der Waals surface area contributed by atoms with Gasteiger partial charge in [0.15, 0.2) is 12.0 Å². The smallest absolute Gasteiger partial charge is 0.185 e. The maximum Gasteiger partial charge on any atom is 0.185 e. The Labute approximate surface area is 113 Å². The van der Waals surface area contributed by atoms with Gasteiger partial charge in [0.05, 0.1) is 6.54 Å². The van der Waals surface area contributed by atoms with E-state index in [0.29, 0.717) is 12.3 Å². The summed E-state index contributed by atoms with van der Waals surface area (Å²) in [4.78, 5) is 12.9. The highest BCUT2D eigenvalue weighted by Crippen LogP contribution is 2.18. The van der Waals surface area contributed by atoms with Crippen LogP contribution in [0, 0.1) is 0 Å². The first kappa shape index (κ1) is 13.4. The molecular formula is C16H19NO2. The van der Waals surface area contributed by atoms with E-state index in [1.165, 1.54) is 5.69 Å². The quantitative estimate of drug-likeness (QED) is 0.705. The third-order valence-electron chi connectivity index (χ3n) is 3.05. The van der Waals surface area contributed by atoms with Crippen molar-refractivity contribution in [1.82, 2.24) is 0 Å². The van der Waals surface area contributed by atoms with E-state index in [1.807, 2.05) is 24.3 Å². The molecule has 0 amide bonds. The minimum absolute atomic E-state index is 0.388. The predicted octanol–water partition coefficient (Wildman–Crippen LogP) is 3.90.